The monoisotopic (exact) mass is 242 g/mol. The first kappa shape index (κ1) is 14.0. The lowest BCUT2D eigenvalue weighted by Crippen LogP contribution is -2.55. The van der Waals surface area contributed by atoms with Crippen LogP contribution in [0.5, 0.6) is 0 Å². The molecule has 1 rings (SSSR count). The smallest absolute Gasteiger partial charge is 0.303 e. The fourth-order valence-electron chi connectivity index (χ4n) is 2.23. The summed E-state index contributed by atoms with van der Waals surface area (Å²) in [6.07, 6.45) is 3.55. The lowest BCUT2D eigenvalue weighted by atomic mass is 9.94. The number of carbonyl (C=O) groups is 2. The van der Waals surface area contributed by atoms with Crippen LogP contribution >= 0.6 is 0 Å². The van der Waals surface area contributed by atoms with Crippen LogP contribution in [0.15, 0.2) is 0 Å². The van der Waals surface area contributed by atoms with Gasteiger partial charge in [0.05, 0.1) is 5.54 Å². The van der Waals surface area contributed by atoms with E-state index in [-0.39, 0.29) is 18.4 Å². The standard InChI is InChI=1S/C12H22N2O3/c1-12(2,13)11(17)14-8-4-3-5-9(14)6-7-10(15)16/h9H,3-8,13H2,1-2H3,(H,15,16). The lowest BCUT2D eigenvalue weighted by molar-refractivity contribution is -0.142. The highest BCUT2D eigenvalue weighted by Crippen LogP contribution is 2.23. The molecule has 1 aliphatic heterocycles. The molecule has 1 fully saturated rings. The zero-order valence-electron chi connectivity index (χ0n) is 10.6. The maximum Gasteiger partial charge on any atom is 0.303 e. The van der Waals surface area contributed by atoms with Gasteiger partial charge in [0.25, 0.3) is 0 Å². The van der Waals surface area contributed by atoms with Crippen LogP contribution in [0.1, 0.15) is 46.0 Å². The minimum absolute atomic E-state index is 0.0372. The number of nitrogens with zero attached hydrogens (tertiary/aromatic N) is 1. The molecule has 1 aliphatic rings. The Morgan fingerprint density at radius 3 is 2.59 bits per heavy atom. The molecule has 0 aromatic heterocycles. The second-order valence-corrected chi connectivity index (χ2v) is 5.30. The molecule has 0 saturated carbocycles. The fourth-order valence-corrected chi connectivity index (χ4v) is 2.23. The Kier molecular flexibility index (Phi) is 4.51. The summed E-state index contributed by atoms with van der Waals surface area (Å²) in [5.41, 5.74) is 4.94. The van der Waals surface area contributed by atoms with Crippen molar-refractivity contribution in [3.05, 3.63) is 0 Å². The average Bonchev–Trinajstić information content (AvgIpc) is 2.24. The van der Waals surface area contributed by atoms with E-state index in [1.54, 1.807) is 18.7 Å². The van der Waals surface area contributed by atoms with Crippen molar-refractivity contribution in [1.29, 1.82) is 0 Å². The van der Waals surface area contributed by atoms with Crippen LogP contribution in [0.3, 0.4) is 0 Å². The van der Waals surface area contributed by atoms with Gasteiger partial charge in [-0.25, -0.2) is 0 Å². The molecule has 5 nitrogen and oxygen atoms in total. The number of carboxylic acid groups (broad SMARTS) is 1. The Hall–Kier alpha value is -1.10. The summed E-state index contributed by atoms with van der Waals surface area (Å²) in [5.74, 6) is -0.887. The number of rotatable bonds is 4. The van der Waals surface area contributed by atoms with Gasteiger partial charge in [0.15, 0.2) is 0 Å². The molecule has 1 unspecified atom stereocenters. The summed E-state index contributed by atoms with van der Waals surface area (Å²) < 4.78 is 0. The minimum Gasteiger partial charge on any atom is -0.481 e. The Balaban J connectivity index is 2.65. The summed E-state index contributed by atoms with van der Waals surface area (Å²) in [5, 5.41) is 8.70. The predicted molar refractivity (Wildman–Crippen MR) is 64.5 cm³/mol. The number of piperidine rings is 1. The van der Waals surface area contributed by atoms with Crippen LogP contribution in [0.25, 0.3) is 0 Å². The molecule has 0 aromatic rings. The maximum absolute atomic E-state index is 12.1. The van der Waals surface area contributed by atoms with Crippen molar-refractivity contribution in [2.24, 2.45) is 5.73 Å². The molecule has 1 saturated heterocycles. The summed E-state index contributed by atoms with van der Waals surface area (Å²) in [6.45, 7) is 4.08. The molecule has 0 bridgehead atoms. The zero-order valence-corrected chi connectivity index (χ0v) is 10.6. The average molecular weight is 242 g/mol. The van der Waals surface area contributed by atoms with Crippen LogP contribution in [-0.2, 0) is 9.59 Å². The van der Waals surface area contributed by atoms with E-state index in [1.165, 1.54) is 0 Å². The number of carbonyl (C=O) groups excluding carboxylic acids is 1. The highest BCUT2D eigenvalue weighted by Gasteiger charge is 2.33. The van der Waals surface area contributed by atoms with Crippen molar-refractivity contribution in [3.8, 4) is 0 Å². The molecule has 0 aromatic carbocycles. The number of nitrogens with two attached hydrogens (primary N) is 1. The van der Waals surface area contributed by atoms with E-state index >= 15 is 0 Å². The van der Waals surface area contributed by atoms with E-state index in [0.717, 1.165) is 19.3 Å². The van der Waals surface area contributed by atoms with Gasteiger partial charge >= 0.3 is 5.97 Å². The first-order valence-corrected chi connectivity index (χ1v) is 6.14. The van der Waals surface area contributed by atoms with Crippen LogP contribution < -0.4 is 5.73 Å². The molecule has 0 aliphatic carbocycles. The SMILES string of the molecule is CC(C)(N)C(=O)N1CCCCC1CCC(=O)O. The maximum atomic E-state index is 12.1. The Bertz CT molecular complexity index is 297. The topological polar surface area (TPSA) is 83.6 Å². The van der Waals surface area contributed by atoms with Gasteiger partial charge < -0.3 is 15.7 Å². The largest absolute Gasteiger partial charge is 0.481 e. The summed E-state index contributed by atoms with van der Waals surface area (Å²) >= 11 is 0. The van der Waals surface area contributed by atoms with Gasteiger partial charge in [-0.2, -0.15) is 0 Å². The van der Waals surface area contributed by atoms with Crippen LogP contribution in [0.4, 0.5) is 0 Å². The van der Waals surface area contributed by atoms with E-state index < -0.39 is 11.5 Å². The molecule has 5 heteroatoms. The molecular weight excluding hydrogens is 220 g/mol. The minimum atomic E-state index is -0.876. The Morgan fingerprint density at radius 2 is 2.06 bits per heavy atom. The van der Waals surface area contributed by atoms with E-state index in [4.69, 9.17) is 10.8 Å². The van der Waals surface area contributed by atoms with E-state index in [0.29, 0.717) is 13.0 Å². The number of likely N-dealkylation sites (tertiary alicyclic amines) is 1. The number of carboxylic acids is 1. The highest BCUT2D eigenvalue weighted by atomic mass is 16.4. The Morgan fingerprint density at radius 1 is 1.41 bits per heavy atom. The predicted octanol–water partition coefficient (Wildman–Crippen LogP) is 0.970. The molecule has 0 radical (unpaired) electrons. The van der Waals surface area contributed by atoms with Crippen molar-refractivity contribution >= 4 is 11.9 Å². The first-order valence-electron chi connectivity index (χ1n) is 6.14. The first-order chi connectivity index (χ1) is 7.82. The van der Waals surface area contributed by atoms with Gasteiger partial charge in [0, 0.05) is 19.0 Å². The van der Waals surface area contributed by atoms with Gasteiger partial charge in [0.1, 0.15) is 0 Å². The molecule has 98 valence electrons. The summed E-state index contributed by atoms with van der Waals surface area (Å²) in [6, 6.07) is 0.0372. The van der Waals surface area contributed by atoms with E-state index in [1.807, 2.05) is 0 Å². The summed E-state index contributed by atoms with van der Waals surface area (Å²) in [7, 11) is 0. The third-order valence-electron chi connectivity index (χ3n) is 3.13. The number of amides is 1. The molecular formula is C12H22N2O3. The third kappa shape index (κ3) is 4.00. The van der Waals surface area contributed by atoms with Gasteiger partial charge in [-0.15, -0.1) is 0 Å². The zero-order chi connectivity index (χ0) is 13.1. The second kappa shape index (κ2) is 5.49. The summed E-state index contributed by atoms with van der Waals surface area (Å²) in [4.78, 5) is 24.5. The van der Waals surface area contributed by atoms with Crippen molar-refractivity contribution in [2.45, 2.75) is 57.5 Å². The lowest BCUT2D eigenvalue weighted by Gasteiger charge is -2.39. The molecule has 1 amide bonds. The second-order valence-electron chi connectivity index (χ2n) is 5.30. The molecule has 17 heavy (non-hydrogen) atoms. The quantitative estimate of drug-likeness (QED) is 0.769. The van der Waals surface area contributed by atoms with Crippen molar-refractivity contribution in [2.75, 3.05) is 6.54 Å². The van der Waals surface area contributed by atoms with Crippen LogP contribution in [-0.4, -0.2) is 40.0 Å². The van der Waals surface area contributed by atoms with Gasteiger partial charge in [-0.1, -0.05) is 0 Å². The van der Waals surface area contributed by atoms with Crippen molar-refractivity contribution in [1.82, 2.24) is 4.90 Å². The normalized spacial score (nSPS) is 21.4. The van der Waals surface area contributed by atoms with Crippen molar-refractivity contribution < 1.29 is 14.7 Å². The van der Waals surface area contributed by atoms with Crippen LogP contribution in [0, 0.1) is 0 Å². The van der Waals surface area contributed by atoms with Gasteiger partial charge in [-0.3, -0.25) is 9.59 Å². The number of hydrogen-bond donors (Lipinski definition) is 2. The van der Waals surface area contributed by atoms with Gasteiger partial charge in [0.2, 0.25) is 5.91 Å². The van der Waals surface area contributed by atoms with E-state index in [9.17, 15) is 9.59 Å². The Labute approximate surface area is 102 Å². The van der Waals surface area contributed by atoms with Crippen molar-refractivity contribution in [3.63, 3.8) is 0 Å². The molecule has 0 spiro atoms. The highest BCUT2D eigenvalue weighted by molar-refractivity contribution is 5.85. The molecule has 1 heterocycles. The third-order valence-corrected chi connectivity index (χ3v) is 3.13. The van der Waals surface area contributed by atoms with E-state index in [2.05, 4.69) is 0 Å². The van der Waals surface area contributed by atoms with Crippen LogP contribution in [0.2, 0.25) is 0 Å². The van der Waals surface area contributed by atoms with Gasteiger partial charge in [-0.05, 0) is 39.5 Å². The fraction of sp³-hybridized carbons (Fsp3) is 0.833. The molecule has 1 atom stereocenters. The molecule has 3 N–H and O–H groups in total. The number of hydrogen-bond acceptors (Lipinski definition) is 3. The number of aliphatic carboxylic acids is 1.